The van der Waals surface area contributed by atoms with Gasteiger partial charge in [0.15, 0.2) is 0 Å². The molecule has 110 valence electrons. The molecule has 3 unspecified atom stereocenters. The highest BCUT2D eigenvalue weighted by molar-refractivity contribution is 5.76. The average molecular weight is 268 g/mol. The molecule has 3 atom stereocenters. The fraction of sp³-hybridized carbons (Fsp3) is 0.933. The topological polar surface area (TPSA) is 41.6 Å². The van der Waals surface area contributed by atoms with E-state index in [0.717, 1.165) is 31.5 Å². The maximum Gasteiger partial charge on any atom is 0.324 e. The van der Waals surface area contributed by atoms with Crippen LogP contribution in [0.1, 0.15) is 40.0 Å². The highest BCUT2D eigenvalue weighted by atomic mass is 16.5. The molecule has 1 N–H and O–H groups in total. The summed E-state index contributed by atoms with van der Waals surface area (Å²) in [5.41, 5.74) is 0. The van der Waals surface area contributed by atoms with Crippen molar-refractivity contribution in [2.45, 2.75) is 52.1 Å². The summed E-state index contributed by atoms with van der Waals surface area (Å²) in [5.74, 6) is 1.38. The molecule has 4 heteroatoms. The highest BCUT2D eigenvalue weighted by Crippen LogP contribution is 2.23. The molecule has 2 aliphatic rings. The van der Waals surface area contributed by atoms with E-state index in [1.165, 1.54) is 19.3 Å². The summed E-state index contributed by atoms with van der Waals surface area (Å²) in [7, 11) is 0. The van der Waals surface area contributed by atoms with Gasteiger partial charge < -0.3 is 15.0 Å². The van der Waals surface area contributed by atoms with Gasteiger partial charge in [0, 0.05) is 25.7 Å². The molecule has 2 fully saturated rings. The van der Waals surface area contributed by atoms with Crippen LogP contribution in [-0.2, 0) is 9.53 Å². The SMILES string of the molecule is CCOC(=O)C(CN1CC(C)CC(C)C1)NC1CC1. The number of hydrogen-bond acceptors (Lipinski definition) is 4. The van der Waals surface area contributed by atoms with Crippen LogP contribution in [0.2, 0.25) is 0 Å². The third-order valence-electron chi connectivity index (χ3n) is 3.97. The molecule has 0 aromatic rings. The van der Waals surface area contributed by atoms with E-state index in [2.05, 4.69) is 24.1 Å². The quantitative estimate of drug-likeness (QED) is 0.744. The maximum atomic E-state index is 12.0. The average Bonchev–Trinajstić information content (AvgIpc) is 3.11. The molecule has 19 heavy (non-hydrogen) atoms. The molecule has 1 saturated heterocycles. The number of ether oxygens (including phenoxy) is 1. The third-order valence-corrected chi connectivity index (χ3v) is 3.97. The summed E-state index contributed by atoms with van der Waals surface area (Å²) >= 11 is 0. The van der Waals surface area contributed by atoms with Gasteiger partial charge in [-0.1, -0.05) is 13.8 Å². The van der Waals surface area contributed by atoms with Crippen molar-refractivity contribution in [3.63, 3.8) is 0 Å². The zero-order valence-electron chi connectivity index (χ0n) is 12.5. The minimum absolute atomic E-state index is 0.0831. The number of esters is 1. The summed E-state index contributed by atoms with van der Waals surface area (Å²) in [5, 5.41) is 3.44. The minimum atomic E-state index is -0.148. The van der Waals surface area contributed by atoms with Crippen LogP contribution in [-0.4, -0.2) is 49.2 Å². The molecule has 1 aliphatic heterocycles. The molecule has 1 heterocycles. The van der Waals surface area contributed by atoms with Gasteiger partial charge >= 0.3 is 5.97 Å². The molecule has 0 amide bonds. The first-order valence-corrected chi connectivity index (χ1v) is 7.73. The number of piperidine rings is 1. The van der Waals surface area contributed by atoms with Crippen LogP contribution in [0.5, 0.6) is 0 Å². The number of carbonyl (C=O) groups excluding carboxylic acids is 1. The first kappa shape index (κ1) is 14.8. The molecule has 0 aromatic heterocycles. The van der Waals surface area contributed by atoms with Gasteiger partial charge in [-0.2, -0.15) is 0 Å². The summed E-state index contributed by atoms with van der Waals surface area (Å²) in [6, 6.07) is 0.388. The van der Waals surface area contributed by atoms with Crippen molar-refractivity contribution in [3.05, 3.63) is 0 Å². The largest absolute Gasteiger partial charge is 0.465 e. The highest BCUT2D eigenvalue weighted by Gasteiger charge is 2.32. The second-order valence-corrected chi connectivity index (χ2v) is 6.41. The van der Waals surface area contributed by atoms with Gasteiger partial charge in [0.2, 0.25) is 0 Å². The molecular formula is C15H28N2O2. The van der Waals surface area contributed by atoms with Crippen LogP contribution in [0, 0.1) is 11.8 Å². The Labute approximate surface area is 116 Å². The Kier molecular flexibility index (Phi) is 5.22. The summed E-state index contributed by atoms with van der Waals surface area (Å²) in [6.07, 6.45) is 3.70. The van der Waals surface area contributed by atoms with Gasteiger partial charge in [-0.3, -0.25) is 4.79 Å². The first-order chi connectivity index (χ1) is 9.08. The molecule has 1 saturated carbocycles. The first-order valence-electron chi connectivity index (χ1n) is 7.73. The van der Waals surface area contributed by atoms with Gasteiger partial charge in [-0.15, -0.1) is 0 Å². The van der Waals surface area contributed by atoms with E-state index in [9.17, 15) is 4.79 Å². The van der Waals surface area contributed by atoms with Crippen molar-refractivity contribution in [2.24, 2.45) is 11.8 Å². The lowest BCUT2D eigenvalue weighted by atomic mass is 9.91. The van der Waals surface area contributed by atoms with E-state index in [1.807, 2.05) is 6.92 Å². The lowest BCUT2D eigenvalue weighted by Crippen LogP contribution is -2.51. The number of nitrogens with one attached hydrogen (secondary N) is 1. The Morgan fingerprint density at radius 2 is 1.95 bits per heavy atom. The van der Waals surface area contributed by atoms with Crippen LogP contribution in [0.15, 0.2) is 0 Å². The lowest BCUT2D eigenvalue weighted by Gasteiger charge is -2.36. The van der Waals surface area contributed by atoms with Gasteiger partial charge in [-0.25, -0.2) is 0 Å². The van der Waals surface area contributed by atoms with E-state index in [-0.39, 0.29) is 12.0 Å². The van der Waals surface area contributed by atoms with Crippen LogP contribution in [0.4, 0.5) is 0 Å². The second kappa shape index (κ2) is 6.71. The molecule has 2 rings (SSSR count). The van der Waals surface area contributed by atoms with Crippen molar-refractivity contribution in [1.29, 1.82) is 0 Å². The molecule has 0 bridgehead atoms. The van der Waals surface area contributed by atoms with Crippen LogP contribution >= 0.6 is 0 Å². The van der Waals surface area contributed by atoms with Gasteiger partial charge in [-0.05, 0) is 38.0 Å². The van der Waals surface area contributed by atoms with Gasteiger partial charge in [0.05, 0.1) is 6.61 Å². The minimum Gasteiger partial charge on any atom is -0.465 e. The van der Waals surface area contributed by atoms with Crippen molar-refractivity contribution < 1.29 is 9.53 Å². The predicted molar refractivity (Wildman–Crippen MR) is 76.0 cm³/mol. The maximum absolute atomic E-state index is 12.0. The van der Waals surface area contributed by atoms with E-state index < -0.39 is 0 Å². The normalized spacial score (nSPS) is 30.1. The summed E-state index contributed by atoms with van der Waals surface area (Å²) < 4.78 is 5.20. The van der Waals surface area contributed by atoms with Crippen molar-refractivity contribution in [1.82, 2.24) is 10.2 Å². The van der Waals surface area contributed by atoms with Gasteiger partial charge in [0.1, 0.15) is 6.04 Å². The zero-order valence-corrected chi connectivity index (χ0v) is 12.5. The number of carbonyl (C=O) groups is 1. The lowest BCUT2D eigenvalue weighted by molar-refractivity contribution is -0.146. The van der Waals surface area contributed by atoms with Crippen LogP contribution in [0.25, 0.3) is 0 Å². The number of likely N-dealkylation sites (tertiary alicyclic amines) is 1. The predicted octanol–water partition coefficient (Wildman–Crippen LogP) is 1.65. The van der Waals surface area contributed by atoms with Gasteiger partial charge in [0.25, 0.3) is 0 Å². The Hall–Kier alpha value is -0.610. The standard InChI is InChI=1S/C15H28N2O2/c1-4-19-15(18)14(16-13-5-6-13)10-17-8-11(2)7-12(3)9-17/h11-14,16H,4-10H2,1-3H3. The van der Waals surface area contributed by atoms with Crippen molar-refractivity contribution in [3.8, 4) is 0 Å². The van der Waals surface area contributed by atoms with E-state index in [0.29, 0.717) is 12.6 Å². The summed E-state index contributed by atoms with van der Waals surface area (Å²) in [4.78, 5) is 14.5. The van der Waals surface area contributed by atoms with Crippen LogP contribution in [0.3, 0.4) is 0 Å². The summed E-state index contributed by atoms with van der Waals surface area (Å²) in [6.45, 7) is 9.95. The van der Waals surface area contributed by atoms with E-state index in [1.54, 1.807) is 0 Å². The second-order valence-electron chi connectivity index (χ2n) is 6.41. The third kappa shape index (κ3) is 4.77. The van der Waals surface area contributed by atoms with Crippen molar-refractivity contribution in [2.75, 3.05) is 26.2 Å². The zero-order chi connectivity index (χ0) is 13.8. The van der Waals surface area contributed by atoms with E-state index in [4.69, 9.17) is 4.74 Å². The molecule has 0 spiro atoms. The number of hydrogen-bond donors (Lipinski definition) is 1. The Balaban J connectivity index is 1.88. The fourth-order valence-corrected chi connectivity index (χ4v) is 3.17. The smallest absolute Gasteiger partial charge is 0.324 e. The monoisotopic (exact) mass is 268 g/mol. The van der Waals surface area contributed by atoms with Crippen molar-refractivity contribution >= 4 is 5.97 Å². The molecular weight excluding hydrogens is 240 g/mol. The van der Waals surface area contributed by atoms with Crippen LogP contribution < -0.4 is 5.32 Å². The fourth-order valence-electron chi connectivity index (χ4n) is 3.17. The molecule has 0 radical (unpaired) electrons. The number of nitrogens with zero attached hydrogens (tertiary/aromatic N) is 1. The number of rotatable bonds is 6. The molecule has 1 aliphatic carbocycles. The van der Waals surface area contributed by atoms with E-state index >= 15 is 0 Å². The Morgan fingerprint density at radius 1 is 1.32 bits per heavy atom. The molecule has 4 nitrogen and oxygen atoms in total. The Morgan fingerprint density at radius 3 is 2.47 bits per heavy atom. The Bertz CT molecular complexity index is 295. The molecule has 0 aromatic carbocycles.